The lowest BCUT2D eigenvalue weighted by atomic mass is 9.98. The van der Waals surface area contributed by atoms with Crippen molar-refractivity contribution in [3.63, 3.8) is 0 Å². The Morgan fingerprint density at radius 2 is 1.24 bits per heavy atom. The van der Waals surface area contributed by atoms with Crippen LogP contribution in [0.5, 0.6) is 0 Å². The predicted molar refractivity (Wildman–Crippen MR) is 115 cm³/mol. The molecular formula is C24H12BrF6NO2. The zero-order chi connectivity index (χ0) is 25.1. The molecule has 0 bridgehead atoms. The fraction of sp³-hybridized carbons (Fsp3) is 0.0833. The van der Waals surface area contributed by atoms with Crippen molar-refractivity contribution in [2.45, 2.75) is 12.4 Å². The highest BCUT2D eigenvalue weighted by molar-refractivity contribution is 9.10. The number of hydrogen-bond donors (Lipinski definition) is 0. The molecule has 0 radical (unpaired) electrons. The van der Waals surface area contributed by atoms with Crippen LogP contribution in [0.25, 0.3) is 11.3 Å². The zero-order valence-corrected chi connectivity index (χ0v) is 18.4. The molecule has 3 aromatic carbocycles. The third-order valence-corrected chi connectivity index (χ3v) is 5.12. The second-order valence-corrected chi connectivity index (χ2v) is 7.71. The molecule has 10 heteroatoms. The van der Waals surface area contributed by atoms with Crippen molar-refractivity contribution in [3.8, 4) is 6.07 Å². The molecule has 0 unspecified atom stereocenters. The van der Waals surface area contributed by atoms with Gasteiger partial charge in [-0.1, -0.05) is 58.4 Å². The molecule has 34 heavy (non-hydrogen) atoms. The van der Waals surface area contributed by atoms with E-state index in [9.17, 15) is 36.4 Å². The highest BCUT2D eigenvalue weighted by Gasteiger charge is 2.38. The summed E-state index contributed by atoms with van der Waals surface area (Å²) in [6.45, 7) is 0. The number of rotatable bonds is 4. The van der Waals surface area contributed by atoms with E-state index in [1.54, 1.807) is 6.07 Å². The van der Waals surface area contributed by atoms with Crippen molar-refractivity contribution in [1.29, 1.82) is 5.26 Å². The average molecular weight is 540 g/mol. The fourth-order valence-corrected chi connectivity index (χ4v) is 3.35. The molecule has 0 aliphatic heterocycles. The minimum absolute atomic E-state index is 0.0922. The van der Waals surface area contributed by atoms with E-state index >= 15 is 0 Å². The average Bonchev–Trinajstić information content (AvgIpc) is 2.79. The largest absolute Gasteiger partial charge is 0.421 e. The Morgan fingerprint density at radius 3 is 1.74 bits per heavy atom. The summed E-state index contributed by atoms with van der Waals surface area (Å²) in [5, 5.41) is 9.77. The standard InChI is InChI=1S/C24H12BrF6NO2/c25-15-11-9-14(10-12-15)18(13-32)21(16-5-1-3-7-19(16)23(26,27)28)34-22(33)17-6-2-4-8-20(17)24(29,30)31/h1-12H/b21-18-. The maximum absolute atomic E-state index is 13.7. The SMILES string of the molecule is N#C/C(=C(/OC(=O)c1ccccc1C(F)(F)F)c1ccccc1C(F)(F)F)c1ccc(Br)cc1. The van der Waals surface area contributed by atoms with Crippen LogP contribution in [-0.4, -0.2) is 5.97 Å². The van der Waals surface area contributed by atoms with Gasteiger partial charge in [-0.25, -0.2) is 4.79 Å². The number of carbonyl (C=O) groups excluding carboxylic acids is 1. The van der Waals surface area contributed by atoms with Gasteiger partial charge in [0.25, 0.3) is 0 Å². The number of nitrogens with zero attached hydrogens (tertiary/aromatic N) is 1. The molecule has 0 N–H and O–H groups in total. The zero-order valence-electron chi connectivity index (χ0n) is 16.8. The first-order valence-electron chi connectivity index (χ1n) is 9.38. The van der Waals surface area contributed by atoms with E-state index in [0.29, 0.717) is 16.6 Å². The van der Waals surface area contributed by atoms with Gasteiger partial charge in [-0.15, -0.1) is 0 Å². The first kappa shape index (κ1) is 25.1. The Kier molecular flexibility index (Phi) is 7.17. The lowest BCUT2D eigenvalue weighted by Gasteiger charge is -2.18. The highest BCUT2D eigenvalue weighted by Crippen LogP contribution is 2.39. The summed E-state index contributed by atoms with van der Waals surface area (Å²) in [7, 11) is 0. The number of ether oxygens (including phenoxy) is 1. The quantitative estimate of drug-likeness (QED) is 0.112. The molecule has 3 rings (SSSR count). The topological polar surface area (TPSA) is 50.1 Å². The van der Waals surface area contributed by atoms with Crippen molar-refractivity contribution >= 4 is 33.2 Å². The second kappa shape index (κ2) is 9.73. The third kappa shape index (κ3) is 5.48. The summed E-state index contributed by atoms with van der Waals surface area (Å²) in [6.07, 6.45) is -9.83. The normalized spacial score (nSPS) is 12.5. The monoisotopic (exact) mass is 539 g/mol. The Morgan fingerprint density at radius 1 is 0.765 bits per heavy atom. The van der Waals surface area contributed by atoms with E-state index in [2.05, 4.69) is 15.9 Å². The summed E-state index contributed by atoms with van der Waals surface area (Å²) >= 11 is 3.19. The Balaban J connectivity index is 2.26. The van der Waals surface area contributed by atoms with E-state index in [1.807, 2.05) is 0 Å². The number of benzene rings is 3. The molecule has 0 fully saturated rings. The second-order valence-electron chi connectivity index (χ2n) is 6.80. The maximum atomic E-state index is 13.7. The molecule has 0 saturated carbocycles. The summed E-state index contributed by atoms with van der Waals surface area (Å²) in [5.41, 5.74) is -4.52. The first-order valence-corrected chi connectivity index (χ1v) is 10.2. The number of halogens is 7. The Hall–Kier alpha value is -3.58. The summed E-state index contributed by atoms with van der Waals surface area (Å²) in [6, 6.07) is 15.2. The molecule has 0 saturated heterocycles. The van der Waals surface area contributed by atoms with Gasteiger partial charge in [0.2, 0.25) is 0 Å². The van der Waals surface area contributed by atoms with Gasteiger partial charge in [-0.2, -0.15) is 31.6 Å². The maximum Gasteiger partial charge on any atom is 0.417 e. The number of allylic oxidation sites excluding steroid dienone is 1. The molecule has 0 heterocycles. The molecule has 174 valence electrons. The van der Waals surface area contributed by atoms with Crippen molar-refractivity contribution in [3.05, 3.63) is 105 Å². The number of hydrogen-bond acceptors (Lipinski definition) is 3. The number of esters is 1. The third-order valence-electron chi connectivity index (χ3n) is 4.60. The summed E-state index contributed by atoms with van der Waals surface area (Å²) in [5.74, 6) is -2.38. The fourth-order valence-electron chi connectivity index (χ4n) is 3.09. The van der Waals surface area contributed by atoms with Crippen LogP contribution in [-0.2, 0) is 17.1 Å². The van der Waals surface area contributed by atoms with E-state index in [0.717, 1.165) is 30.3 Å². The number of nitriles is 1. The molecule has 0 aromatic heterocycles. The van der Waals surface area contributed by atoms with Crippen LogP contribution in [0, 0.1) is 11.3 Å². The number of carbonyl (C=O) groups is 1. The van der Waals surface area contributed by atoms with Crippen LogP contribution in [0.4, 0.5) is 26.3 Å². The lowest BCUT2D eigenvalue weighted by molar-refractivity contribution is -0.138. The highest BCUT2D eigenvalue weighted by atomic mass is 79.9. The Bertz CT molecular complexity index is 1290. The van der Waals surface area contributed by atoms with Gasteiger partial charge >= 0.3 is 18.3 Å². The minimum Gasteiger partial charge on any atom is -0.421 e. The number of alkyl halides is 6. The predicted octanol–water partition coefficient (Wildman–Crippen LogP) is 7.74. The molecule has 0 spiro atoms. The molecule has 3 nitrogen and oxygen atoms in total. The van der Waals surface area contributed by atoms with E-state index in [-0.39, 0.29) is 5.56 Å². The Labute approximate surface area is 198 Å². The van der Waals surface area contributed by atoms with Crippen LogP contribution in [0.3, 0.4) is 0 Å². The van der Waals surface area contributed by atoms with Gasteiger partial charge < -0.3 is 4.74 Å². The van der Waals surface area contributed by atoms with Crippen LogP contribution in [0.2, 0.25) is 0 Å². The van der Waals surface area contributed by atoms with Crippen molar-refractivity contribution in [2.75, 3.05) is 0 Å². The van der Waals surface area contributed by atoms with Gasteiger partial charge in [-0.3, -0.25) is 0 Å². The molecular weight excluding hydrogens is 528 g/mol. The van der Waals surface area contributed by atoms with Gasteiger partial charge in [-0.05, 0) is 35.9 Å². The first-order chi connectivity index (χ1) is 15.9. The van der Waals surface area contributed by atoms with Gasteiger partial charge in [0, 0.05) is 10.0 Å². The lowest BCUT2D eigenvalue weighted by Crippen LogP contribution is -2.16. The van der Waals surface area contributed by atoms with Crippen LogP contribution >= 0.6 is 15.9 Å². The van der Waals surface area contributed by atoms with E-state index in [1.165, 1.54) is 30.3 Å². The van der Waals surface area contributed by atoms with Crippen LogP contribution in [0.15, 0.2) is 77.3 Å². The molecule has 0 amide bonds. The van der Waals surface area contributed by atoms with E-state index < -0.39 is 51.9 Å². The molecule has 0 aliphatic rings. The molecule has 0 atom stereocenters. The van der Waals surface area contributed by atoms with Crippen molar-refractivity contribution in [1.82, 2.24) is 0 Å². The van der Waals surface area contributed by atoms with Crippen molar-refractivity contribution in [2.24, 2.45) is 0 Å². The van der Waals surface area contributed by atoms with Gasteiger partial charge in [0.05, 0.1) is 16.7 Å². The van der Waals surface area contributed by atoms with E-state index in [4.69, 9.17) is 4.74 Å². The van der Waals surface area contributed by atoms with Gasteiger partial charge in [0.15, 0.2) is 5.76 Å². The molecule has 0 aliphatic carbocycles. The van der Waals surface area contributed by atoms with Crippen LogP contribution in [0.1, 0.15) is 32.6 Å². The van der Waals surface area contributed by atoms with Crippen molar-refractivity contribution < 1.29 is 35.9 Å². The summed E-state index contributed by atoms with van der Waals surface area (Å²) in [4.78, 5) is 12.8. The summed E-state index contributed by atoms with van der Waals surface area (Å²) < 4.78 is 87.0. The van der Waals surface area contributed by atoms with Crippen LogP contribution < -0.4 is 0 Å². The van der Waals surface area contributed by atoms with Gasteiger partial charge in [0.1, 0.15) is 11.6 Å². The smallest absolute Gasteiger partial charge is 0.417 e. The minimum atomic E-state index is -4.92. The molecule has 3 aromatic rings.